The average molecular weight is 400 g/mol. The Kier molecular flexibility index (Phi) is 3.47. The predicted molar refractivity (Wildman–Crippen MR) is 85.1 cm³/mol. The molecule has 19 heavy (non-hydrogen) atoms. The number of nitrogens with zero attached hydrogens (tertiary/aromatic N) is 1. The molecule has 0 fully saturated rings. The van der Waals surface area contributed by atoms with E-state index in [0.717, 1.165) is 30.6 Å². The fourth-order valence-electron chi connectivity index (χ4n) is 1.85. The zero-order valence-corrected chi connectivity index (χ0v) is 13.5. The van der Waals surface area contributed by atoms with Gasteiger partial charge in [-0.1, -0.05) is 43.1 Å². The molecule has 0 aliphatic carbocycles. The summed E-state index contributed by atoms with van der Waals surface area (Å²) in [7, 11) is 0. The van der Waals surface area contributed by atoms with Crippen molar-refractivity contribution < 1.29 is 4.52 Å². The Labute approximate surface area is 130 Å². The summed E-state index contributed by atoms with van der Waals surface area (Å²) < 4.78 is 7.09. The van der Waals surface area contributed by atoms with Crippen LogP contribution >= 0.6 is 43.2 Å². The molecule has 0 atom stereocenters. The molecule has 0 amide bonds. The quantitative estimate of drug-likeness (QED) is 0.645. The van der Waals surface area contributed by atoms with Gasteiger partial charge in [-0.05, 0) is 29.6 Å². The number of nitrogen functional groups attached to an aromatic ring is 1. The van der Waals surface area contributed by atoms with Gasteiger partial charge in [0.1, 0.15) is 5.69 Å². The lowest BCUT2D eigenvalue weighted by atomic mass is 10.1. The fourth-order valence-corrected chi connectivity index (χ4v) is 3.92. The van der Waals surface area contributed by atoms with Gasteiger partial charge in [0.2, 0.25) is 5.88 Å². The third-order valence-corrected chi connectivity index (χ3v) is 4.43. The Hall–Kier alpha value is -1.11. The van der Waals surface area contributed by atoms with Crippen LogP contribution in [0.25, 0.3) is 21.7 Å². The maximum Gasteiger partial charge on any atom is 0.231 e. The molecule has 2 N–H and O–H groups in total. The van der Waals surface area contributed by atoms with Crippen molar-refractivity contribution in [2.45, 2.75) is 0 Å². The second-order valence-electron chi connectivity index (χ2n) is 3.91. The molecule has 3 rings (SSSR count). The number of anilines is 1. The van der Waals surface area contributed by atoms with Crippen LogP contribution in [0.2, 0.25) is 0 Å². The van der Waals surface area contributed by atoms with Gasteiger partial charge in [0.05, 0.1) is 5.56 Å². The summed E-state index contributed by atoms with van der Waals surface area (Å²) in [5, 5.41) is 6.09. The second kappa shape index (κ2) is 5.11. The minimum Gasteiger partial charge on any atom is -0.367 e. The summed E-state index contributed by atoms with van der Waals surface area (Å²) in [6.45, 7) is 0. The molecule has 0 spiro atoms. The van der Waals surface area contributed by atoms with Gasteiger partial charge < -0.3 is 10.3 Å². The summed E-state index contributed by atoms with van der Waals surface area (Å²) in [4.78, 5) is 1.05. The largest absolute Gasteiger partial charge is 0.367 e. The first-order valence-electron chi connectivity index (χ1n) is 5.40. The SMILES string of the molecule is Nc1onc(-c2cc(Br)cc(Br)c2)c1-c1cccs1. The van der Waals surface area contributed by atoms with E-state index in [9.17, 15) is 0 Å². The zero-order valence-electron chi connectivity index (χ0n) is 9.56. The number of hydrogen-bond donors (Lipinski definition) is 1. The van der Waals surface area contributed by atoms with Crippen molar-refractivity contribution in [2.75, 3.05) is 5.73 Å². The van der Waals surface area contributed by atoms with Gasteiger partial charge in [0, 0.05) is 19.4 Å². The summed E-state index contributed by atoms with van der Waals surface area (Å²) >= 11 is 8.56. The van der Waals surface area contributed by atoms with E-state index in [1.54, 1.807) is 11.3 Å². The van der Waals surface area contributed by atoms with Gasteiger partial charge >= 0.3 is 0 Å². The summed E-state index contributed by atoms with van der Waals surface area (Å²) in [5.41, 5.74) is 8.45. The first-order chi connectivity index (χ1) is 9.15. The highest BCUT2D eigenvalue weighted by molar-refractivity contribution is 9.11. The lowest BCUT2D eigenvalue weighted by Crippen LogP contribution is -1.86. The summed E-state index contributed by atoms with van der Waals surface area (Å²) in [5.74, 6) is 0.341. The van der Waals surface area contributed by atoms with Crippen LogP contribution in [0.5, 0.6) is 0 Å². The van der Waals surface area contributed by atoms with Crippen molar-refractivity contribution >= 4 is 49.1 Å². The van der Waals surface area contributed by atoms with Crippen LogP contribution in [0.15, 0.2) is 49.2 Å². The molecule has 0 bridgehead atoms. The molecule has 2 heterocycles. The minimum atomic E-state index is 0.341. The Morgan fingerprint density at radius 3 is 2.53 bits per heavy atom. The molecule has 0 saturated heterocycles. The zero-order chi connectivity index (χ0) is 13.4. The van der Waals surface area contributed by atoms with Crippen molar-refractivity contribution in [2.24, 2.45) is 0 Å². The van der Waals surface area contributed by atoms with E-state index in [1.807, 2.05) is 35.7 Å². The van der Waals surface area contributed by atoms with Gasteiger partial charge in [0.25, 0.3) is 0 Å². The average Bonchev–Trinajstić information content (AvgIpc) is 2.96. The van der Waals surface area contributed by atoms with Crippen molar-refractivity contribution in [1.82, 2.24) is 5.16 Å². The molecule has 0 aliphatic heterocycles. The topological polar surface area (TPSA) is 52.0 Å². The van der Waals surface area contributed by atoms with Crippen LogP contribution in [0.4, 0.5) is 5.88 Å². The van der Waals surface area contributed by atoms with Gasteiger partial charge in [-0.2, -0.15) is 0 Å². The number of rotatable bonds is 2. The Balaban J connectivity index is 2.21. The molecular weight excluding hydrogens is 392 g/mol. The molecule has 3 nitrogen and oxygen atoms in total. The number of benzene rings is 1. The Bertz CT molecular complexity index is 702. The van der Waals surface area contributed by atoms with Crippen LogP contribution in [-0.2, 0) is 0 Å². The molecule has 0 saturated carbocycles. The fraction of sp³-hybridized carbons (Fsp3) is 0. The molecule has 0 radical (unpaired) electrons. The maximum atomic E-state index is 5.90. The first kappa shape index (κ1) is 12.9. The highest BCUT2D eigenvalue weighted by Gasteiger charge is 2.18. The van der Waals surface area contributed by atoms with Gasteiger partial charge in [0.15, 0.2) is 0 Å². The first-order valence-corrected chi connectivity index (χ1v) is 7.87. The smallest absolute Gasteiger partial charge is 0.231 e. The second-order valence-corrected chi connectivity index (χ2v) is 6.68. The minimum absolute atomic E-state index is 0.341. The highest BCUT2D eigenvalue weighted by atomic mass is 79.9. The van der Waals surface area contributed by atoms with Gasteiger partial charge in [-0.3, -0.25) is 0 Å². The molecular formula is C13H8Br2N2OS. The number of nitrogens with two attached hydrogens (primary N) is 1. The number of halogens is 2. The van der Waals surface area contributed by atoms with E-state index in [4.69, 9.17) is 10.3 Å². The number of aromatic nitrogens is 1. The van der Waals surface area contributed by atoms with E-state index in [-0.39, 0.29) is 0 Å². The third kappa shape index (κ3) is 2.48. The monoisotopic (exact) mass is 398 g/mol. The van der Waals surface area contributed by atoms with E-state index >= 15 is 0 Å². The molecule has 1 aromatic carbocycles. The van der Waals surface area contributed by atoms with Crippen LogP contribution in [0, 0.1) is 0 Å². The standard InChI is InChI=1S/C13H8Br2N2OS/c14-8-4-7(5-9(15)6-8)12-11(13(16)18-17-12)10-2-1-3-19-10/h1-6H,16H2. The number of hydrogen-bond acceptors (Lipinski definition) is 4. The number of thiophene rings is 1. The highest BCUT2D eigenvalue weighted by Crippen LogP contribution is 2.39. The lowest BCUT2D eigenvalue weighted by molar-refractivity contribution is 0.439. The van der Waals surface area contributed by atoms with Crippen LogP contribution in [-0.4, -0.2) is 5.16 Å². The third-order valence-electron chi connectivity index (χ3n) is 2.62. The van der Waals surface area contributed by atoms with Crippen LogP contribution < -0.4 is 5.73 Å². The van der Waals surface area contributed by atoms with Gasteiger partial charge in [-0.15, -0.1) is 11.3 Å². The van der Waals surface area contributed by atoms with Crippen LogP contribution in [0.3, 0.4) is 0 Å². The molecule has 3 aromatic rings. The van der Waals surface area contributed by atoms with Crippen molar-refractivity contribution in [3.05, 3.63) is 44.7 Å². The molecule has 0 unspecified atom stereocenters. The maximum absolute atomic E-state index is 5.90. The molecule has 6 heteroatoms. The summed E-state index contributed by atoms with van der Waals surface area (Å²) in [6.07, 6.45) is 0. The van der Waals surface area contributed by atoms with Crippen molar-refractivity contribution in [3.8, 4) is 21.7 Å². The molecule has 2 aromatic heterocycles. The Morgan fingerprint density at radius 2 is 1.89 bits per heavy atom. The van der Waals surface area contributed by atoms with E-state index in [2.05, 4.69) is 37.0 Å². The van der Waals surface area contributed by atoms with Crippen molar-refractivity contribution in [3.63, 3.8) is 0 Å². The van der Waals surface area contributed by atoms with E-state index in [1.165, 1.54) is 0 Å². The summed E-state index contributed by atoms with van der Waals surface area (Å²) in [6, 6.07) is 9.92. The van der Waals surface area contributed by atoms with Gasteiger partial charge in [-0.25, -0.2) is 0 Å². The normalized spacial score (nSPS) is 10.8. The van der Waals surface area contributed by atoms with E-state index < -0.39 is 0 Å². The Morgan fingerprint density at radius 1 is 1.16 bits per heavy atom. The lowest BCUT2D eigenvalue weighted by Gasteiger charge is -2.02. The predicted octanol–water partition coefficient (Wildman–Crippen LogP) is 5.18. The van der Waals surface area contributed by atoms with Crippen molar-refractivity contribution in [1.29, 1.82) is 0 Å². The van der Waals surface area contributed by atoms with Crippen LogP contribution in [0.1, 0.15) is 0 Å². The molecule has 0 aliphatic rings. The van der Waals surface area contributed by atoms with E-state index in [0.29, 0.717) is 5.88 Å². The molecule has 96 valence electrons.